The van der Waals surface area contributed by atoms with E-state index in [-0.39, 0.29) is 11.5 Å². The second-order valence-electron chi connectivity index (χ2n) is 7.04. The molecular formula is C21H25N5O5. The molecule has 0 aliphatic heterocycles. The van der Waals surface area contributed by atoms with Crippen molar-refractivity contribution >= 4 is 29.4 Å². The zero-order valence-electron chi connectivity index (χ0n) is 17.2. The van der Waals surface area contributed by atoms with Crippen molar-refractivity contribution in [3.05, 3.63) is 65.2 Å². The van der Waals surface area contributed by atoms with Crippen LogP contribution < -0.4 is 22.1 Å². The van der Waals surface area contributed by atoms with Crippen LogP contribution in [0.15, 0.2) is 48.5 Å². The van der Waals surface area contributed by atoms with E-state index in [0.717, 1.165) is 0 Å². The topological polar surface area (TPSA) is 168 Å². The highest BCUT2D eigenvalue weighted by Crippen LogP contribution is 2.14. The third kappa shape index (κ3) is 6.63. The number of rotatable bonds is 8. The minimum absolute atomic E-state index is 0.176. The second kappa shape index (κ2) is 10.3. The minimum atomic E-state index is -1.33. The van der Waals surface area contributed by atoms with Crippen molar-refractivity contribution in [3.63, 3.8) is 0 Å². The molecule has 0 saturated carbocycles. The predicted octanol–water partition coefficient (Wildman–Crippen LogP) is 0.516. The second-order valence-corrected chi connectivity index (χ2v) is 7.04. The summed E-state index contributed by atoms with van der Waals surface area (Å²) < 4.78 is 0. The molecule has 3 amide bonds. The first-order chi connectivity index (χ1) is 14.6. The summed E-state index contributed by atoms with van der Waals surface area (Å²) >= 11 is 0. The molecule has 164 valence electrons. The molecule has 2 aromatic carbocycles. The Kier molecular flexibility index (Phi) is 7.83. The number of nitrogens with two attached hydrogens (primary N) is 2. The molecule has 0 saturated heterocycles. The van der Waals surface area contributed by atoms with E-state index in [2.05, 4.69) is 10.6 Å². The van der Waals surface area contributed by atoms with E-state index in [1.807, 2.05) is 0 Å². The highest BCUT2D eigenvalue weighted by atomic mass is 16.4. The van der Waals surface area contributed by atoms with Gasteiger partial charge in [0.15, 0.2) is 0 Å². The summed E-state index contributed by atoms with van der Waals surface area (Å²) in [6.07, 6.45) is -1.36. The molecule has 10 nitrogen and oxygen atoms in total. The maximum absolute atomic E-state index is 12.6. The number of carboxylic acids is 1. The zero-order chi connectivity index (χ0) is 23.1. The van der Waals surface area contributed by atoms with Crippen LogP contribution >= 0.6 is 0 Å². The molecule has 0 aliphatic rings. The number of nitrogens with zero attached hydrogens (tertiary/aromatic N) is 1. The number of amides is 3. The maximum Gasteiger partial charge on any atom is 0.305 e. The Morgan fingerprint density at radius 2 is 1.61 bits per heavy atom. The molecule has 31 heavy (non-hydrogen) atoms. The van der Waals surface area contributed by atoms with Crippen LogP contribution in [-0.2, 0) is 9.59 Å². The summed E-state index contributed by atoms with van der Waals surface area (Å²) in [5.74, 6) is -2.85. The van der Waals surface area contributed by atoms with Gasteiger partial charge in [-0.15, -0.1) is 0 Å². The Morgan fingerprint density at radius 1 is 1.00 bits per heavy atom. The van der Waals surface area contributed by atoms with E-state index >= 15 is 0 Å². The van der Waals surface area contributed by atoms with E-state index in [1.165, 1.54) is 29.2 Å². The van der Waals surface area contributed by atoms with Crippen LogP contribution in [0.4, 0.5) is 5.69 Å². The lowest BCUT2D eigenvalue weighted by Gasteiger charge is -2.18. The standard InChI is InChI=1S/C21H25N5O5/c1-26(2)21(31)13-8-6-12(7-9-13)19(29)25-16(11-17(27)28)20(30)24-15-5-3-4-14(10-15)18(22)23/h3-10,16,18H,11,22-23H2,1-2H3,(H,24,30)(H,25,29)(H,27,28)/t16-/m1/s1. The van der Waals surface area contributed by atoms with Gasteiger partial charge in [-0.2, -0.15) is 0 Å². The van der Waals surface area contributed by atoms with Crippen LogP contribution in [0, 0.1) is 0 Å². The molecule has 0 spiro atoms. The molecule has 0 unspecified atom stereocenters. The Labute approximate surface area is 179 Å². The van der Waals surface area contributed by atoms with Crippen molar-refractivity contribution < 1.29 is 24.3 Å². The molecule has 2 rings (SSSR count). The van der Waals surface area contributed by atoms with E-state index in [0.29, 0.717) is 16.8 Å². The van der Waals surface area contributed by atoms with Gasteiger partial charge in [-0.3, -0.25) is 19.2 Å². The molecule has 1 atom stereocenters. The monoisotopic (exact) mass is 427 g/mol. The highest BCUT2D eigenvalue weighted by molar-refractivity contribution is 6.03. The van der Waals surface area contributed by atoms with Crippen molar-refractivity contribution in [2.45, 2.75) is 18.6 Å². The Hall–Kier alpha value is -3.76. The fraction of sp³-hybridized carbons (Fsp3) is 0.238. The first-order valence-corrected chi connectivity index (χ1v) is 9.35. The third-order valence-corrected chi connectivity index (χ3v) is 4.34. The van der Waals surface area contributed by atoms with Gasteiger partial charge in [-0.1, -0.05) is 12.1 Å². The smallest absolute Gasteiger partial charge is 0.305 e. The van der Waals surface area contributed by atoms with Gasteiger partial charge in [0.2, 0.25) is 5.91 Å². The van der Waals surface area contributed by atoms with Crippen molar-refractivity contribution in [2.75, 3.05) is 19.4 Å². The number of aliphatic carboxylic acids is 1. The summed E-state index contributed by atoms with van der Waals surface area (Å²) in [7, 11) is 3.21. The SMILES string of the molecule is CN(C)C(=O)c1ccc(C(=O)N[C@H](CC(=O)O)C(=O)Nc2cccc(C(N)N)c2)cc1. The van der Waals surface area contributed by atoms with E-state index in [1.54, 1.807) is 38.4 Å². The Bertz CT molecular complexity index is 972. The molecule has 10 heteroatoms. The van der Waals surface area contributed by atoms with E-state index in [9.17, 15) is 19.2 Å². The Morgan fingerprint density at radius 3 is 2.16 bits per heavy atom. The number of hydrogen-bond donors (Lipinski definition) is 5. The number of benzene rings is 2. The van der Waals surface area contributed by atoms with Gasteiger partial charge in [-0.05, 0) is 42.0 Å². The quantitative estimate of drug-likeness (QED) is 0.383. The van der Waals surface area contributed by atoms with Crippen molar-refractivity contribution in [3.8, 4) is 0 Å². The minimum Gasteiger partial charge on any atom is -0.481 e. The van der Waals surface area contributed by atoms with E-state index in [4.69, 9.17) is 16.6 Å². The maximum atomic E-state index is 12.6. The largest absolute Gasteiger partial charge is 0.481 e. The fourth-order valence-electron chi connectivity index (χ4n) is 2.70. The fourth-order valence-corrected chi connectivity index (χ4v) is 2.70. The molecule has 0 fully saturated rings. The highest BCUT2D eigenvalue weighted by Gasteiger charge is 2.25. The lowest BCUT2D eigenvalue weighted by atomic mass is 10.1. The average molecular weight is 427 g/mol. The van der Waals surface area contributed by atoms with E-state index < -0.39 is 36.4 Å². The van der Waals surface area contributed by atoms with Gasteiger partial charge in [0, 0.05) is 30.9 Å². The molecule has 0 aromatic heterocycles. The molecule has 7 N–H and O–H groups in total. The van der Waals surface area contributed by atoms with Crippen molar-refractivity contribution in [1.29, 1.82) is 0 Å². The first-order valence-electron chi connectivity index (χ1n) is 9.35. The molecule has 0 radical (unpaired) electrons. The van der Waals surface area contributed by atoms with Gasteiger partial charge in [0.05, 0.1) is 12.6 Å². The van der Waals surface area contributed by atoms with Crippen LogP contribution in [0.3, 0.4) is 0 Å². The number of anilines is 1. The number of nitrogens with one attached hydrogen (secondary N) is 2. The summed E-state index contributed by atoms with van der Waals surface area (Å²) in [5.41, 5.74) is 12.7. The van der Waals surface area contributed by atoms with Crippen LogP contribution in [0.2, 0.25) is 0 Å². The number of carbonyl (C=O) groups is 4. The average Bonchev–Trinajstić information content (AvgIpc) is 2.72. The molecule has 0 aliphatic carbocycles. The summed E-state index contributed by atoms with van der Waals surface area (Å²) in [6, 6.07) is 10.9. The van der Waals surface area contributed by atoms with Gasteiger partial charge >= 0.3 is 5.97 Å². The third-order valence-electron chi connectivity index (χ3n) is 4.34. The summed E-state index contributed by atoms with van der Waals surface area (Å²) in [6.45, 7) is 0. The van der Waals surface area contributed by atoms with Gasteiger partial charge in [0.25, 0.3) is 11.8 Å². The van der Waals surface area contributed by atoms with Gasteiger partial charge in [0.1, 0.15) is 6.04 Å². The lowest BCUT2D eigenvalue weighted by molar-refractivity contribution is -0.139. The number of hydrogen-bond acceptors (Lipinski definition) is 6. The lowest BCUT2D eigenvalue weighted by Crippen LogP contribution is -2.45. The van der Waals surface area contributed by atoms with Crippen LogP contribution in [0.25, 0.3) is 0 Å². The zero-order valence-corrected chi connectivity index (χ0v) is 17.2. The molecule has 0 heterocycles. The Balaban J connectivity index is 2.14. The number of carboxylic acid groups (broad SMARTS) is 1. The van der Waals surface area contributed by atoms with Crippen LogP contribution in [-0.4, -0.2) is 53.8 Å². The van der Waals surface area contributed by atoms with Gasteiger partial charge in [-0.25, -0.2) is 0 Å². The van der Waals surface area contributed by atoms with Crippen LogP contribution in [0.1, 0.15) is 38.9 Å². The van der Waals surface area contributed by atoms with Crippen molar-refractivity contribution in [1.82, 2.24) is 10.2 Å². The predicted molar refractivity (Wildman–Crippen MR) is 114 cm³/mol. The summed E-state index contributed by atoms with van der Waals surface area (Å²) in [5, 5.41) is 14.1. The molecular weight excluding hydrogens is 402 g/mol. The van der Waals surface area contributed by atoms with Crippen molar-refractivity contribution in [2.24, 2.45) is 11.5 Å². The molecule has 2 aromatic rings. The first kappa shape index (κ1) is 23.5. The van der Waals surface area contributed by atoms with Crippen LogP contribution in [0.5, 0.6) is 0 Å². The normalized spacial score (nSPS) is 11.5. The number of carbonyl (C=O) groups excluding carboxylic acids is 3. The van der Waals surface area contributed by atoms with Gasteiger partial charge < -0.3 is 32.1 Å². The summed E-state index contributed by atoms with van der Waals surface area (Å²) in [4.78, 5) is 49.7. The molecule has 0 bridgehead atoms.